The van der Waals surface area contributed by atoms with E-state index in [9.17, 15) is 10.2 Å². The second-order valence-corrected chi connectivity index (χ2v) is 3.14. The van der Waals surface area contributed by atoms with Crippen LogP contribution >= 0.6 is 0 Å². The predicted octanol–water partition coefficient (Wildman–Crippen LogP) is -1.91. The molecule has 0 amide bonds. The summed E-state index contributed by atoms with van der Waals surface area (Å²) in [5.41, 5.74) is 0. The van der Waals surface area contributed by atoms with E-state index in [2.05, 4.69) is 0 Å². The van der Waals surface area contributed by atoms with Crippen molar-refractivity contribution in [3.05, 3.63) is 0 Å². The molecular weight excluding hydrogens is 192 g/mol. The van der Waals surface area contributed by atoms with Crippen LogP contribution < -0.4 is 0 Å². The molecular formula is C8H16O6. The minimum atomic E-state index is -1.36. The summed E-state index contributed by atoms with van der Waals surface area (Å²) in [5, 5.41) is 27.7. The summed E-state index contributed by atoms with van der Waals surface area (Å²) >= 11 is 0. The molecule has 0 aromatic carbocycles. The van der Waals surface area contributed by atoms with Crippen LogP contribution in [0.4, 0.5) is 0 Å². The Morgan fingerprint density at radius 1 is 1.14 bits per heavy atom. The maximum atomic E-state index is 9.49. The molecule has 14 heavy (non-hydrogen) atoms. The van der Waals surface area contributed by atoms with Crippen LogP contribution in [0.2, 0.25) is 0 Å². The highest BCUT2D eigenvalue weighted by atomic mass is 16.7. The van der Waals surface area contributed by atoms with Gasteiger partial charge < -0.3 is 29.5 Å². The number of rotatable bonds is 3. The number of hydrogen-bond donors (Lipinski definition) is 3. The molecule has 1 saturated heterocycles. The molecule has 5 atom stereocenters. The minimum absolute atomic E-state index is 0.303. The third kappa shape index (κ3) is 2.05. The van der Waals surface area contributed by atoms with Crippen LogP contribution in [0, 0.1) is 0 Å². The van der Waals surface area contributed by atoms with Crippen molar-refractivity contribution in [1.29, 1.82) is 0 Å². The fraction of sp³-hybridized carbons (Fsp3) is 1.00. The van der Waals surface area contributed by atoms with Gasteiger partial charge in [-0.15, -0.1) is 0 Å². The molecule has 0 spiro atoms. The van der Waals surface area contributed by atoms with E-state index < -0.39 is 30.7 Å². The molecule has 3 N–H and O–H groups in total. The fourth-order valence-electron chi connectivity index (χ4n) is 1.61. The highest BCUT2D eigenvalue weighted by Crippen LogP contribution is 2.23. The van der Waals surface area contributed by atoms with Gasteiger partial charge >= 0.3 is 0 Å². The molecule has 0 aliphatic carbocycles. The average molecular weight is 208 g/mol. The van der Waals surface area contributed by atoms with E-state index in [1.165, 1.54) is 14.2 Å². The molecule has 0 aromatic rings. The maximum Gasteiger partial charge on any atom is 0.184 e. The van der Waals surface area contributed by atoms with E-state index >= 15 is 0 Å². The third-order valence-corrected chi connectivity index (χ3v) is 2.36. The Morgan fingerprint density at radius 2 is 1.71 bits per heavy atom. The predicted molar refractivity (Wildman–Crippen MR) is 45.6 cm³/mol. The largest absolute Gasteiger partial charge is 0.394 e. The van der Waals surface area contributed by atoms with Gasteiger partial charge in [-0.05, 0) is 0 Å². The highest BCUT2D eigenvalue weighted by molar-refractivity contribution is 4.90. The third-order valence-electron chi connectivity index (χ3n) is 2.36. The summed E-state index contributed by atoms with van der Waals surface area (Å²) < 4.78 is 15.0. The molecule has 1 fully saturated rings. The zero-order valence-electron chi connectivity index (χ0n) is 8.16. The second kappa shape index (κ2) is 5.01. The minimum Gasteiger partial charge on any atom is -0.394 e. The van der Waals surface area contributed by atoms with Crippen molar-refractivity contribution in [2.45, 2.75) is 30.7 Å². The van der Waals surface area contributed by atoms with Crippen molar-refractivity contribution in [2.75, 3.05) is 20.8 Å². The van der Waals surface area contributed by atoms with Gasteiger partial charge in [0, 0.05) is 14.2 Å². The van der Waals surface area contributed by atoms with Gasteiger partial charge in [-0.1, -0.05) is 0 Å². The van der Waals surface area contributed by atoms with Gasteiger partial charge in [0.25, 0.3) is 0 Å². The first-order valence-electron chi connectivity index (χ1n) is 4.33. The standard InChI is InChI=1S/C8H16O6/c1-12-6-4(3-9)14-8(11)5(10)7(6)13-2/h4-11H,3H2,1-2H3/t4-,5-,6+,7-,8?/m1/s1. The van der Waals surface area contributed by atoms with Gasteiger partial charge in [-0.25, -0.2) is 0 Å². The summed E-state index contributed by atoms with van der Waals surface area (Å²) in [6.45, 7) is -0.303. The molecule has 1 rings (SSSR count). The summed E-state index contributed by atoms with van der Waals surface area (Å²) in [5.74, 6) is 0. The smallest absolute Gasteiger partial charge is 0.184 e. The van der Waals surface area contributed by atoms with Crippen LogP contribution in [0.15, 0.2) is 0 Å². The lowest BCUT2D eigenvalue weighted by Gasteiger charge is -2.40. The normalized spacial score (nSPS) is 43.9. The van der Waals surface area contributed by atoms with Crippen LogP contribution in [0.3, 0.4) is 0 Å². The summed E-state index contributed by atoms with van der Waals surface area (Å²) in [6, 6.07) is 0. The van der Waals surface area contributed by atoms with E-state index in [0.29, 0.717) is 0 Å². The fourth-order valence-corrected chi connectivity index (χ4v) is 1.61. The highest BCUT2D eigenvalue weighted by Gasteiger charge is 2.44. The molecule has 84 valence electrons. The zero-order valence-corrected chi connectivity index (χ0v) is 8.16. The van der Waals surface area contributed by atoms with Gasteiger partial charge in [-0.3, -0.25) is 0 Å². The van der Waals surface area contributed by atoms with Crippen LogP contribution in [0.5, 0.6) is 0 Å². The molecule has 1 aliphatic rings. The van der Waals surface area contributed by atoms with Crippen molar-refractivity contribution in [3.63, 3.8) is 0 Å². The van der Waals surface area contributed by atoms with Gasteiger partial charge in [0.05, 0.1) is 6.61 Å². The maximum absolute atomic E-state index is 9.49. The van der Waals surface area contributed by atoms with Gasteiger partial charge in [0.1, 0.15) is 24.4 Å². The molecule has 0 saturated carbocycles. The summed E-state index contributed by atoms with van der Waals surface area (Å²) in [7, 11) is 2.82. The molecule has 6 heteroatoms. The quantitative estimate of drug-likeness (QED) is 0.501. The van der Waals surface area contributed by atoms with Crippen molar-refractivity contribution < 1.29 is 29.5 Å². The first kappa shape index (κ1) is 11.8. The van der Waals surface area contributed by atoms with Crippen molar-refractivity contribution >= 4 is 0 Å². The Kier molecular flexibility index (Phi) is 4.24. The van der Waals surface area contributed by atoms with Crippen LogP contribution in [-0.4, -0.2) is 66.9 Å². The van der Waals surface area contributed by atoms with Crippen LogP contribution in [-0.2, 0) is 14.2 Å². The topological polar surface area (TPSA) is 88.4 Å². The lowest BCUT2D eigenvalue weighted by atomic mass is 9.99. The molecule has 6 nitrogen and oxygen atoms in total. The van der Waals surface area contributed by atoms with E-state index in [0.717, 1.165) is 0 Å². The Bertz CT molecular complexity index is 171. The summed E-state index contributed by atoms with van der Waals surface area (Å²) in [4.78, 5) is 0. The molecule has 1 heterocycles. The second-order valence-electron chi connectivity index (χ2n) is 3.14. The molecule has 1 unspecified atom stereocenters. The van der Waals surface area contributed by atoms with Crippen LogP contribution in [0.1, 0.15) is 0 Å². The van der Waals surface area contributed by atoms with Crippen molar-refractivity contribution in [2.24, 2.45) is 0 Å². The van der Waals surface area contributed by atoms with Crippen LogP contribution in [0.25, 0.3) is 0 Å². The average Bonchev–Trinajstić information content (AvgIpc) is 2.20. The summed E-state index contributed by atoms with van der Waals surface area (Å²) in [6.07, 6.45) is -4.52. The Labute approximate surface area is 82.0 Å². The first-order valence-corrected chi connectivity index (χ1v) is 4.33. The Morgan fingerprint density at radius 3 is 2.14 bits per heavy atom. The number of methoxy groups -OCH3 is 2. The van der Waals surface area contributed by atoms with E-state index in [4.69, 9.17) is 19.3 Å². The number of hydrogen-bond acceptors (Lipinski definition) is 6. The SMILES string of the molecule is CO[C@@H]1[C@H](OC)[C@@H](O)C(O)O[C@@H]1CO. The molecule has 0 bridgehead atoms. The van der Waals surface area contributed by atoms with Crippen molar-refractivity contribution in [1.82, 2.24) is 0 Å². The Hall–Kier alpha value is -0.240. The Balaban J connectivity index is 2.75. The van der Waals surface area contributed by atoms with E-state index in [1.807, 2.05) is 0 Å². The number of aliphatic hydroxyl groups excluding tert-OH is 3. The molecule has 0 radical (unpaired) electrons. The van der Waals surface area contributed by atoms with Gasteiger partial charge in [-0.2, -0.15) is 0 Å². The molecule has 0 aromatic heterocycles. The van der Waals surface area contributed by atoms with Gasteiger partial charge in [0.2, 0.25) is 0 Å². The number of ether oxygens (including phenoxy) is 3. The van der Waals surface area contributed by atoms with Gasteiger partial charge in [0.15, 0.2) is 6.29 Å². The zero-order chi connectivity index (χ0) is 10.7. The number of aliphatic hydroxyl groups is 3. The van der Waals surface area contributed by atoms with Crippen molar-refractivity contribution in [3.8, 4) is 0 Å². The van der Waals surface area contributed by atoms with E-state index in [-0.39, 0.29) is 6.61 Å². The van der Waals surface area contributed by atoms with E-state index in [1.54, 1.807) is 0 Å². The lowest BCUT2D eigenvalue weighted by Crippen LogP contribution is -2.59. The molecule has 1 aliphatic heterocycles. The first-order chi connectivity index (χ1) is 6.65. The lowest BCUT2D eigenvalue weighted by molar-refractivity contribution is -0.294. The monoisotopic (exact) mass is 208 g/mol.